The maximum absolute atomic E-state index is 2.57. The smallest absolute Gasteiger partial charge is 0.0330 e. The summed E-state index contributed by atoms with van der Waals surface area (Å²) in [4.78, 5) is 4.16. The Hall–Kier alpha value is -0.340. The van der Waals surface area contributed by atoms with Crippen LogP contribution in [-0.4, -0.2) is 18.0 Å². The molecule has 1 aliphatic heterocycles. The van der Waals surface area contributed by atoms with Gasteiger partial charge in [0.15, 0.2) is 0 Å². The monoisotopic (exact) mass is 195 g/mol. The molecule has 0 saturated heterocycles. The zero-order valence-corrected chi connectivity index (χ0v) is 9.23. The molecule has 13 heavy (non-hydrogen) atoms. The topological polar surface area (TPSA) is 3.24 Å². The highest BCUT2D eigenvalue weighted by Gasteiger charge is 2.17. The molecular weight excluding hydrogens is 178 g/mol. The fourth-order valence-corrected chi connectivity index (χ4v) is 2.94. The van der Waals surface area contributed by atoms with Crippen molar-refractivity contribution in [3.8, 4) is 0 Å². The molecule has 72 valence electrons. The Morgan fingerprint density at radius 3 is 3.15 bits per heavy atom. The number of fused-ring (bicyclic) bond motifs is 1. The molecule has 0 N–H and O–H groups in total. The molecule has 2 heterocycles. The number of hydrogen-bond donors (Lipinski definition) is 0. The fraction of sp³-hybridized carbons (Fsp3) is 0.636. The maximum Gasteiger partial charge on any atom is 0.0330 e. The molecule has 0 fully saturated rings. The van der Waals surface area contributed by atoms with Crippen molar-refractivity contribution in [2.24, 2.45) is 5.92 Å². The SMILES string of the molecule is CC(C)CN1CCc2ccsc2C1. The quantitative estimate of drug-likeness (QED) is 0.701. The molecule has 2 heteroatoms. The lowest BCUT2D eigenvalue weighted by Gasteiger charge is -2.28. The highest BCUT2D eigenvalue weighted by Crippen LogP contribution is 2.24. The first-order chi connectivity index (χ1) is 6.25. The standard InChI is InChI=1S/C11H17NS/c1-9(2)7-12-5-3-10-4-6-13-11(10)8-12/h4,6,9H,3,5,7-8H2,1-2H3. The molecule has 0 atom stereocenters. The van der Waals surface area contributed by atoms with Crippen LogP contribution in [0.3, 0.4) is 0 Å². The van der Waals surface area contributed by atoms with E-state index in [9.17, 15) is 0 Å². The predicted octanol–water partition coefficient (Wildman–Crippen LogP) is 2.76. The van der Waals surface area contributed by atoms with Crippen molar-refractivity contribution < 1.29 is 0 Å². The Kier molecular flexibility index (Phi) is 2.70. The van der Waals surface area contributed by atoms with Crippen molar-refractivity contribution >= 4 is 11.3 Å². The van der Waals surface area contributed by atoms with E-state index < -0.39 is 0 Å². The lowest BCUT2D eigenvalue weighted by molar-refractivity contribution is 0.229. The van der Waals surface area contributed by atoms with Crippen molar-refractivity contribution in [2.75, 3.05) is 13.1 Å². The predicted molar refractivity (Wildman–Crippen MR) is 58.1 cm³/mol. The van der Waals surface area contributed by atoms with Crippen molar-refractivity contribution in [1.82, 2.24) is 4.90 Å². The van der Waals surface area contributed by atoms with Gasteiger partial charge in [-0.05, 0) is 29.3 Å². The van der Waals surface area contributed by atoms with Gasteiger partial charge in [-0.1, -0.05) is 13.8 Å². The minimum atomic E-state index is 0.793. The molecule has 0 saturated carbocycles. The van der Waals surface area contributed by atoms with Crippen LogP contribution in [0.15, 0.2) is 11.4 Å². The Bertz CT molecular complexity index is 277. The van der Waals surface area contributed by atoms with Gasteiger partial charge in [-0.2, -0.15) is 0 Å². The van der Waals surface area contributed by atoms with Gasteiger partial charge >= 0.3 is 0 Å². The number of rotatable bonds is 2. The summed E-state index contributed by atoms with van der Waals surface area (Å²) in [7, 11) is 0. The van der Waals surface area contributed by atoms with E-state index in [1.165, 1.54) is 26.1 Å². The molecule has 0 aromatic carbocycles. The second-order valence-corrected chi connectivity index (χ2v) is 5.25. The second-order valence-electron chi connectivity index (χ2n) is 4.25. The van der Waals surface area contributed by atoms with Gasteiger partial charge in [0.2, 0.25) is 0 Å². The summed E-state index contributed by atoms with van der Waals surface area (Å²) in [5.74, 6) is 0.793. The summed E-state index contributed by atoms with van der Waals surface area (Å²) in [6.07, 6.45) is 1.26. The van der Waals surface area contributed by atoms with E-state index in [0.717, 1.165) is 5.92 Å². The van der Waals surface area contributed by atoms with Gasteiger partial charge in [-0.25, -0.2) is 0 Å². The zero-order valence-electron chi connectivity index (χ0n) is 8.42. The summed E-state index contributed by atoms with van der Waals surface area (Å²) >= 11 is 1.91. The molecule has 0 bridgehead atoms. The Labute approximate surface area is 84.4 Å². The third kappa shape index (κ3) is 2.12. The fourth-order valence-electron chi connectivity index (χ4n) is 1.96. The summed E-state index contributed by atoms with van der Waals surface area (Å²) in [5.41, 5.74) is 1.59. The minimum absolute atomic E-state index is 0.793. The Balaban J connectivity index is 2.00. The number of thiophene rings is 1. The zero-order chi connectivity index (χ0) is 9.26. The molecule has 1 aliphatic rings. The van der Waals surface area contributed by atoms with Crippen molar-refractivity contribution in [3.05, 3.63) is 21.9 Å². The summed E-state index contributed by atoms with van der Waals surface area (Å²) in [6.45, 7) is 8.28. The van der Waals surface area contributed by atoms with Gasteiger partial charge < -0.3 is 0 Å². The normalized spacial score (nSPS) is 17.8. The van der Waals surface area contributed by atoms with Crippen molar-refractivity contribution in [1.29, 1.82) is 0 Å². The molecule has 1 nitrogen and oxygen atoms in total. The van der Waals surface area contributed by atoms with Crippen LogP contribution in [-0.2, 0) is 13.0 Å². The van der Waals surface area contributed by atoms with Crippen molar-refractivity contribution in [2.45, 2.75) is 26.8 Å². The summed E-state index contributed by atoms with van der Waals surface area (Å²) in [5, 5.41) is 2.23. The van der Waals surface area contributed by atoms with Gasteiger partial charge in [0.1, 0.15) is 0 Å². The average Bonchev–Trinajstić information content (AvgIpc) is 2.49. The molecule has 2 rings (SSSR count). The number of hydrogen-bond acceptors (Lipinski definition) is 2. The van der Waals surface area contributed by atoms with E-state index in [1.54, 1.807) is 10.4 Å². The lowest BCUT2D eigenvalue weighted by Crippen LogP contribution is -2.32. The molecule has 0 unspecified atom stereocenters. The third-order valence-corrected chi connectivity index (χ3v) is 3.47. The van der Waals surface area contributed by atoms with Gasteiger partial charge in [-0.3, -0.25) is 4.90 Å². The van der Waals surface area contributed by atoms with Crippen molar-refractivity contribution in [3.63, 3.8) is 0 Å². The molecular formula is C11H17NS. The molecule has 0 amide bonds. The number of nitrogens with zero attached hydrogens (tertiary/aromatic N) is 1. The third-order valence-electron chi connectivity index (χ3n) is 2.53. The largest absolute Gasteiger partial charge is 0.298 e. The van der Waals surface area contributed by atoms with E-state index in [1.807, 2.05) is 11.3 Å². The van der Waals surface area contributed by atoms with E-state index in [4.69, 9.17) is 0 Å². The van der Waals surface area contributed by atoms with Crippen LogP contribution < -0.4 is 0 Å². The molecule has 0 spiro atoms. The van der Waals surface area contributed by atoms with Gasteiger partial charge in [0.25, 0.3) is 0 Å². The molecule has 0 aliphatic carbocycles. The second kappa shape index (κ2) is 3.81. The Morgan fingerprint density at radius 2 is 2.38 bits per heavy atom. The molecule has 1 aromatic rings. The highest BCUT2D eigenvalue weighted by atomic mass is 32.1. The van der Waals surface area contributed by atoms with Crippen LogP contribution in [0.2, 0.25) is 0 Å². The van der Waals surface area contributed by atoms with Gasteiger partial charge in [-0.15, -0.1) is 11.3 Å². The van der Waals surface area contributed by atoms with Crippen LogP contribution in [0.25, 0.3) is 0 Å². The lowest BCUT2D eigenvalue weighted by atomic mass is 10.1. The van der Waals surface area contributed by atoms with Crippen LogP contribution in [0.4, 0.5) is 0 Å². The van der Waals surface area contributed by atoms with Gasteiger partial charge in [0.05, 0.1) is 0 Å². The maximum atomic E-state index is 2.57. The highest BCUT2D eigenvalue weighted by molar-refractivity contribution is 7.10. The average molecular weight is 195 g/mol. The van der Waals surface area contributed by atoms with E-state index >= 15 is 0 Å². The van der Waals surface area contributed by atoms with Gasteiger partial charge in [0, 0.05) is 24.5 Å². The molecule has 0 radical (unpaired) electrons. The minimum Gasteiger partial charge on any atom is -0.298 e. The van der Waals surface area contributed by atoms with E-state index in [0.29, 0.717) is 0 Å². The van der Waals surface area contributed by atoms with Crippen LogP contribution >= 0.6 is 11.3 Å². The first-order valence-electron chi connectivity index (χ1n) is 5.03. The first-order valence-corrected chi connectivity index (χ1v) is 5.91. The molecule has 1 aromatic heterocycles. The first kappa shape index (κ1) is 9.22. The van der Waals surface area contributed by atoms with Crippen LogP contribution in [0.5, 0.6) is 0 Å². The van der Waals surface area contributed by atoms with E-state index in [2.05, 4.69) is 30.2 Å². The van der Waals surface area contributed by atoms with E-state index in [-0.39, 0.29) is 0 Å². The summed E-state index contributed by atoms with van der Waals surface area (Å²) in [6, 6.07) is 2.28. The van der Waals surface area contributed by atoms with Crippen LogP contribution in [0, 0.1) is 5.92 Å². The Morgan fingerprint density at radius 1 is 1.54 bits per heavy atom. The van der Waals surface area contributed by atoms with Crippen LogP contribution in [0.1, 0.15) is 24.3 Å². The summed E-state index contributed by atoms with van der Waals surface area (Å²) < 4.78 is 0.